The number of hydrogen-bond donors (Lipinski definition) is 2. The van der Waals surface area contributed by atoms with E-state index in [1.807, 2.05) is 31.1 Å². The van der Waals surface area contributed by atoms with E-state index in [0.29, 0.717) is 24.3 Å². The number of anilines is 2. The van der Waals surface area contributed by atoms with Crippen LogP contribution in [0.1, 0.15) is 15.5 Å². The van der Waals surface area contributed by atoms with E-state index < -0.39 is 0 Å². The Hall–Kier alpha value is -1.99. The van der Waals surface area contributed by atoms with Gasteiger partial charge in [-0.2, -0.15) is 0 Å². The van der Waals surface area contributed by atoms with Crippen LogP contribution in [0.5, 0.6) is 0 Å². The molecular weight excluding hydrogens is 274 g/mol. The fraction of sp³-hybridized carbons (Fsp3) is 0.308. The third-order valence-electron chi connectivity index (χ3n) is 2.61. The van der Waals surface area contributed by atoms with Crippen LogP contribution in [0, 0.1) is 0 Å². The second-order valence-corrected chi connectivity index (χ2v) is 5.36. The van der Waals surface area contributed by atoms with Crippen LogP contribution in [0.4, 0.5) is 11.5 Å². The number of carbonyl (C=O) groups is 1. The van der Waals surface area contributed by atoms with Crippen molar-refractivity contribution in [3.8, 4) is 0 Å². The van der Waals surface area contributed by atoms with Crippen molar-refractivity contribution in [3.63, 3.8) is 0 Å². The topological polar surface area (TPSA) is 84.1 Å². The van der Waals surface area contributed by atoms with E-state index >= 15 is 0 Å². The zero-order chi connectivity index (χ0) is 14.5. The molecule has 0 radical (unpaired) electrons. The van der Waals surface area contributed by atoms with Gasteiger partial charge in [0.2, 0.25) is 0 Å². The lowest BCUT2D eigenvalue weighted by Crippen LogP contribution is -2.14. The number of thiazole rings is 1. The summed E-state index contributed by atoms with van der Waals surface area (Å²) < 4.78 is 0. The molecule has 20 heavy (non-hydrogen) atoms. The van der Waals surface area contributed by atoms with Gasteiger partial charge in [0.1, 0.15) is 11.5 Å². The summed E-state index contributed by atoms with van der Waals surface area (Å²) in [7, 11) is 3.82. The predicted molar refractivity (Wildman–Crippen MR) is 81.4 cm³/mol. The van der Waals surface area contributed by atoms with Crippen LogP contribution >= 0.6 is 11.3 Å². The number of nitrogens with two attached hydrogens (primary N) is 1. The minimum Gasteiger partial charge on any atom is -0.363 e. The van der Waals surface area contributed by atoms with Gasteiger partial charge in [-0.15, -0.1) is 11.3 Å². The highest BCUT2D eigenvalue weighted by molar-refractivity contribution is 7.09. The molecule has 0 aliphatic rings. The molecule has 2 rings (SSSR count). The van der Waals surface area contributed by atoms with Gasteiger partial charge in [0.25, 0.3) is 5.91 Å². The zero-order valence-corrected chi connectivity index (χ0v) is 12.3. The summed E-state index contributed by atoms with van der Waals surface area (Å²) in [6, 6.07) is 3.66. The number of nitrogens with zero attached hydrogens (tertiary/aromatic N) is 3. The van der Waals surface area contributed by atoms with Gasteiger partial charge in [-0.25, -0.2) is 9.97 Å². The van der Waals surface area contributed by atoms with Crippen LogP contribution in [0.25, 0.3) is 0 Å². The monoisotopic (exact) mass is 291 g/mol. The molecule has 106 valence electrons. The largest absolute Gasteiger partial charge is 0.363 e. The Morgan fingerprint density at radius 2 is 2.25 bits per heavy atom. The zero-order valence-electron chi connectivity index (χ0n) is 11.5. The van der Waals surface area contributed by atoms with Crippen LogP contribution in [-0.2, 0) is 6.42 Å². The summed E-state index contributed by atoms with van der Waals surface area (Å²) in [6.45, 7) is 0.532. The van der Waals surface area contributed by atoms with Crippen molar-refractivity contribution < 1.29 is 4.79 Å². The van der Waals surface area contributed by atoms with E-state index in [1.165, 1.54) is 11.3 Å². The van der Waals surface area contributed by atoms with Gasteiger partial charge in [-0.3, -0.25) is 4.79 Å². The number of rotatable bonds is 5. The second kappa shape index (κ2) is 6.44. The summed E-state index contributed by atoms with van der Waals surface area (Å²) in [5.41, 5.74) is 6.52. The lowest BCUT2D eigenvalue weighted by molar-refractivity contribution is 0.102. The Morgan fingerprint density at radius 1 is 1.45 bits per heavy atom. The van der Waals surface area contributed by atoms with Crippen molar-refractivity contribution in [2.45, 2.75) is 6.42 Å². The summed E-state index contributed by atoms with van der Waals surface area (Å²) in [5, 5.41) is 5.38. The standard InChI is InChI=1S/C13H17N5OS/c1-18(2)11-4-3-9(7-15-11)16-13(19)10-8-20-12(17-10)5-6-14/h3-4,7-8H,5-6,14H2,1-2H3,(H,16,19). The summed E-state index contributed by atoms with van der Waals surface area (Å²) in [6.07, 6.45) is 2.32. The average molecular weight is 291 g/mol. The van der Waals surface area contributed by atoms with Crippen molar-refractivity contribution in [1.29, 1.82) is 0 Å². The van der Waals surface area contributed by atoms with Crippen molar-refractivity contribution in [2.75, 3.05) is 30.9 Å². The molecule has 7 heteroatoms. The first-order valence-corrected chi connectivity index (χ1v) is 7.07. The van der Waals surface area contributed by atoms with Crippen LogP contribution in [0.15, 0.2) is 23.7 Å². The lowest BCUT2D eigenvalue weighted by Gasteiger charge is -2.11. The molecule has 2 aromatic heterocycles. The first-order valence-electron chi connectivity index (χ1n) is 6.19. The smallest absolute Gasteiger partial charge is 0.275 e. The molecule has 6 nitrogen and oxygen atoms in total. The molecule has 2 aromatic rings. The molecule has 0 spiro atoms. The second-order valence-electron chi connectivity index (χ2n) is 4.42. The highest BCUT2D eigenvalue weighted by Gasteiger charge is 2.11. The van der Waals surface area contributed by atoms with Gasteiger partial charge >= 0.3 is 0 Å². The van der Waals surface area contributed by atoms with Crippen LogP contribution in [0.3, 0.4) is 0 Å². The Morgan fingerprint density at radius 3 is 2.85 bits per heavy atom. The summed E-state index contributed by atoms with van der Waals surface area (Å²) >= 11 is 1.45. The molecule has 0 saturated heterocycles. The minimum absolute atomic E-state index is 0.232. The third kappa shape index (κ3) is 3.52. The number of hydrogen-bond acceptors (Lipinski definition) is 6. The van der Waals surface area contributed by atoms with E-state index in [1.54, 1.807) is 11.6 Å². The Kier molecular flexibility index (Phi) is 4.65. The maximum absolute atomic E-state index is 12.0. The normalized spacial score (nSPS) is 10.3. The van der Waals surface area contributed by atoms with Crippen molar-refractivity contribution in [2.24, 2.45) is 5.73 Å². The van der Waals surface area contributed by atoms with Crippen molar-refractivity contribution >= 4 is 28.7 Å². The van der Waals surface area contributed by atoms with Gasteiger partial charge in [0, 0.05) is 25.9 Å². The van der Waals surface area contributed by atoms with E-state index in [4.69, 9.17) is 5.73 Å². The highest BCUT2D eigenvalue weighted by atomic mass is 32.1. The Bertz CT molecular complexity index is 579. The van der Waals surface area contributed by atoms with Gasteiger partial charge in [0.05, 0.1) is 16.9 Å². The first kappa shape index (κ1) is 14.4. The first-order chi connectivity index (χ1) is 9.60. The number of pyridine rings is 1. The number of carbonyl (C=O) groups excluding carboxylic acids is 1. The molecule has 0 fully saturated rings. The predicted octanol–water partition coefficient (Wildman–Crippen LogP) is 1.36. The quantitative estimate of drug-likeness (QED) is 0.869. The molecule has 3 N–H and O–H groups in total. The average Bonchev–Trinajstić information content (AvgIpc) is 2.88. The van der Waals surface area contributed by atoms with Gasteiger partial charge in [-0.05, 0) is 18.7 Å². The van der Waals surface area contributed by atoms with Crippen LogP contribution in [0.2, 0.25) is 0 Å². The summed E-state index contributed by atoms with van der Waals surface area (Å²) in [4.78, 5) is 22.4. The molecule has 0 atom stereocenters. The van der Waals surface area contributed by atoms with Crippen molar-refractivity contribution in [3.05, 3.63) is 34.4 Å². The highest BCUT2D eigenvalue weighted by Crippen LogP contribution is 2.14. The van der Waals surface area contributed by atoms with Gasteiger partial charge < -0.3 is 16.0 Å². The van der Waals surface area contributed by atoms with Gasteiger partial charge in [-0.1, -0.05) is 0 Å². The van der Waals surface area contributed by atoms with E-state index in [-0.39, 0.29) is 5.91 Å². The minimum atomic E-state index is -0.232. The molecule has 0 unspecified atom stereocenters. The lowest BCUT2D eigenvalue weighted by atomic mass is 10.3. The fourth-order valence-corrected chi connectivity index (χ4v) is 2.37. The summed E-state index contributed by atoms with van der Waals surface area (Å²) in [5.74, 6) is 0.603. The molecule has 0 saturated carbocycles. The Balaban J connectivity index is 2.03. The number of amides is 1. The van der Waals surface area contributed by atoms with Crippen molar-refractivity contribution in [1.82, 2.24) is 9.97 Å². The molecule has 1 amide bonds. The van der Waals surface area contributed by atoms with E-state index in [9.17, 15) is 4.79 Å². The molecular formula is C13H17N5OS. The maximum atomic E-state index is 12.0. The van der Waals surface area contributed by atoms with Crippen LogP contribution < -0.4 is 16.0 Å². The molecule has 0 bridgehead atoms. The molecule has 0 aliphatic heterocycles. The van der Waals surface area contributed by atoms with Crippen LogP contribution in [-0.4, -0.2) is 36.5 Å². The molecule has 2 heterocycles. The SMILES string of the molecule is CN(C)c1ccc(NC(=O)c2csc(CCN)n2)cn1. The molecule has 0 aromatic carbocycles. The number of aromatic nitrogens is 2. The third-order valence-corrected chi connectivity index (χ3v) is 3.52. The fourth-order valence-electron chi connectivity index (χ4n) is 1.57. The van der Waals surface area contributed by atoms with Gasteiger partial charge in [0.15, 0.2) is 0 Å². The van der Waals surface area contributed by atoms with E-state index in [0.717, 1.165) is 10.8 Å². The number of nitrogens with one attached hydrogen (secondary N) is 1. The van der Waals surface area contributed by atoms with E-state index in [2.05, 4.69) is 15.3 Å². The maximum Gasteiger partial charge on any atom is 0.275 e. The molecule has 0 aliphatic carbocycles. The Labute approximate surface area is 121 Å².